The molecule has 0 aromatic carbocycles. The van der Waals surface area contributed by atoms with Gasteiger partial charge in [0.15, 0.2) is 5.96 Å². The van der Waals surface area contributed by atoms with Crippen molar-refractivity contribution in [2.45, 2.75) is 52.9 Å². The Labute approximate surface area is 119 Å². The Morgan fingerprint density at radius 1 is 1.16 bits per heavy atom. The van der Waals surface area contributed by atoms with E-state index >= 15 is 0 Å². The number of hydrogen-bond acceptors (Lipinski definition) is 2. The fourth-order valence-corrected chi connectivity index (χ4v) is 1.93. The van der Waals surface area contributed by atoms with Crippen LogP contribution in [0.25, 0.3) is 0 Å². The lowest BCUT2D eigenvalue weighted by Crippen LogP contribution is -2.40. The van der Waals surface area contributed by atoms with E-state index in [2.05, 4.69) is 29.5 Å². The second kappa shape index (κ2) is 13.7. The summed E-state index contributed by atoms with van der Waals surface area (Å²) in [6.07, 6.45) is 6.15. The summed E-state index contributed by atoms with van der Waals surface area (Å²) < 4.78 is 5.31. The summed E-state index contributed by atoms with van der Waals surface area (Å²) in [5, 5.41) is 6.74. The van der Waals surface area contributed by atoms with Crippen LogP contribution in [0.4, 0.5) is 0 Å². The van der Waals surface area contributed by atoms with Gasteiger partial charge in [0.05, 0.1) is 0 Å². The first-order chi connectivity index (χ1) is 9.28. The van der Waals surface area contributed by atoms with E-state index in [9.17, 15) is 0 Å². The van der Waals surface area contributed by atoms with Gasteiger partial charge in [0, 0.05) is 33.4 Å². The zero-order valence-electron chi connectivity index (χ0n) is 13.3. The maximum atomic E-state index is 5.31. The molecule has 0 aliphatic carbocycles. The lowest BCUT2D eigenvalue weighted by molar-refractivity contribution is 0.145. The maximum Gasteiger partial charge on any atom is 0.190 e. The Morgan fingerprint density at radius 3 is 2.53 bits per heavy atom. The third-order valence-electron chi connectivity index (χ3n) is 3.29. The van der Waals surface area contributed by atoms with Crippen LogP contribution >= 0.6 is 0 Å². The number of guanidine groups is 1. The average molecular weight is 271 g/mol. The van der Waals surface area contributed by atoms with Gasteiger partial charge in [0.25, 0.3) is 0 Å². The molecule has 0 bridgehead atoms. The van der Waals surface area contributed by atoms with Gasteiger partial charge in [0.1, 0.15) is 0 Å². The third-order valence-corrected chi connectivity index (χ3v) is 3.29. The smallest absolute Gasteiger partial charge is 0.190 e. The molecule has 0 aromatic rings. The molecule has 4 heteroatoms. The van der Waals surface area contributed by atoms with Crippen molar-refractivity contribution in [1.29, 1.82) is 0 Å². The quantitative estimate of drug-likeness (QED) is 0.345. The van der Waals surface area contributed by atoms with Crippen LogP contribution in [0.15, 0.2) is 4.99 Å². The molecule has 0 aliphatic heterocycles. The number of hydrogen-bond donors (Lipinski definition) is 2. The van der Waals surface area contributed by atoms with Crippen molar-refractivity contribution < 1.29 is 4.74 Å². The number of ether oxygens (including phenoxy) is 1. The van der Waals surface area contributed by atoms with Crippen LogP contribution in [-0.4, -0.2) is 39.3 Å². The van der Waals surface area contributed by atoms with E-state index in [-0.39, 0.29) is 0 Å². The molecular weight excluding hydrogens is 238 g/mol. The molecule has 1 atom stereocenters. The molecule has 0 aromatic heterocycles. The molecule has 4 nitrogen and oxygen atoms in total. The summed E-state index contributed by atoms with van der Waals surface area (Å²) in [7, 11) is 1.82. The largest absolute Gasteiger partial charge is 0.382 e. The summed E-state index contributed by atoms with van der Waals surface area (Å²) in [6.45, 7) is 10.1. The molecule has 0 saturated carbocycles. The van der Waals surface area contributed by atoms with Crippen molar-refractivity contribution in [1.82, 2.24) is 10.6 Å². The van der Waals surface area contributed by atoms with Crippen LogP contribution in [0.1, 0.15) is 52.9 Å². The second-order valence-corrected chi connectivity index (χ2v) is 4.85. The fourth-order valence-electron chi connectivity index (χ4n) is 1.93. The van der Waals surface area contributed by atoms with Gasteiger partial charge in [-0.1, -0.05) is 33.1 Å². The van der Waals surface area contributed by atoms with E-state index in [4.69, 9.17) is 4.74 Å². The monoisotopic (exact) mass is 271 g/mol. The lowest BCUT2D eigenvalue weighted by Gasteiger charge is -2.18. The van der Waals surface area contributed by atoms with Crippen molar-refractivity contribution in [2.24, 2.45) is 10.9 Å². The van der Waals surface area contributed by atoms with Crippen LogP contribution in [-0.2, 0) is 4.74 Å². The van der Waals surface area contributed by atoms with Crippen LogP contribution in [0.3, 0.4) is 0 Å². The van der Waals surface area contributed by atoms with Crippen LogP contribution in [0.5, 0.6) is 0 Å². The first kappa shape index (κ1) is 18.2. The number of aliphatic imine (C=N–C) groups is 1. The number of nitrogens with one attached hydrogen (secondary N) is 2. The topological polar surface area (TPSA) is 45.7 Å². The Morgan fingerprint density at radius 2 is 1.95 bits per heavy atom. The number of rotatable bonds is 11. The van der Waals surface area contributed by atoms with E-state index in [0.29, 0.717) is 0 Å². The van der Waals surface area contributed by atoms with Crippen molar-refractivity contribution in [2.75, 3.05) is 33.4 Å². The molecule has 0 saturated heterocycles. The summed E-state index contributed by atoms with van der Waals surface area (Å²) in [4.78, 5) is 4.25. The predicted molar refractivity (Wildman–Crippen MR) is 83.8 cm³/mol. The molecule has 114 valence electrons. The standard InChI is InChI=1S/C15H33N3O/c1-5-8-10-14(6-2)13-18-15(16-4)17-11-9-12-19-7-3/h14H,5-13H2,1-4H3,(H2,16,17,18). The van der Waals surface area contributed by atoms with Gasteiger partial charge in [-0.2, -0.15) is 0 Å². The minimum absolute atomic E-state index is 0.752. The van der Waals surface area contributed by atoms with E-state index < -0.39 is 0 Å². The van der Waals surface area contributed by atoms with E-state index in [1.54, 1.807) is 0 Å². The van der Waals surface area contributed by atoms with Gasteiger partial charge >= 0.3 is 0 Å². The highest BCUT2D eigenvalue weighted by Gasteiger charge is 2.06. The van der Waals surface area contributed by atoms with E-state index in [1.165, 1.54) is 25.7 Å². The van der Waals surface area contributed by atoms with Gasteiger partial charge in [0.2, 0.25) is 0 Å². The third kappa shape index (κ3) is 10.8. The van der Waals surface area contributed by atoms with Crippen molar-refractivity contribution in [3.8, 4) is 0 Å². The normalized spacial score (nSPS) is 13.4. The van der Waals surface area contributed by atoms with Gasteiger partial charge < -0.3 is 15.4 Å². The van der Waals surface area contributed by atoms with Gasteiger partial charge in [-0.3, -0.25) is 4.99 Å². The molecule has 1 unspecified atom stereocenters. The highest BCUT2D eigenvalue weighted by Crippen LogP contribution is 2.10. The molecule has 2 N–H and O–H groups in total. The summed E-state index contributed by atoms with van der Waals surface area (Å²) >= 11 is 0. The minimum Gasteiger partial charge on any atom is -0.382 e. The Kier molecular flexibility index (Phi) is 13.1. The summed E-state index contributed by atoms with van der Waals surface area (Å²) in [6, 6.07) is 0. The summed E-state index contributed by atoms with van der Waals surface area (Å²) in [5.74, 6) is 1.66. The Hall–Kier alpha value is -0.770. The van der Waals surface area contributed by atoms with Crippen LogP contribution < -0.4 is 10.6 Å². The molecule has 0 aliphatic rings. The number of unbranched alkanes of at least 4 members (excludes halogenated alkanes) is 1. The molecule has 0 heterocycles. The van der Waals surface area contributed by atoms with Crippen molar-refractivity contribution >= 4 is 5.96 Å². The molecule has 0 rings (SSSR count). The first-order valence-corrected chi connectivity index (χ1v) is 7.80. The van der Waals surface area contributed by atoms with Crippen molar-refractivity contribution in [3.63, 3.8) is 0 Å². The lowest BCUT2D eigenvalue weighted by atomic mass is 9.99. The van der Waals surface area contributed by atoms with Gasteiger partial charge in [-0.25, -0.2) is 0 Å². The van der Waals surface area contributed by atoms with E-state index in [1.807, 2.05) is 14.0 Å². The van der Waals surface area contributed by atoms with Crippen molar-refractivity contribution in [3.05, 3.63) is 0 Å². The highest BCUT2D eigenvalue weighted by molar-refractivity contribution is 5.79. The molecule has 0 spiro atoms. The molecule has 19 heavy (non-hydrogen) atoms. The Balaban J connectivity index is 3.73. The predicted octanol–water partition coefficient (Wildman–Crippen LogP) is 2.79. The first-order valence-electron chi connectivity index (χ1n) is 7.80. The molecule has 0 fully saturated rings. The average Bonchev–Trinajstić information content (AvgIpc) is 2.44. The van der Waals surface area contributed by atoms with Crippen LogP contribution in [0, 0.1) is 5.92 Å². The fraction of sp³-hybridized carbons (Fsp3) is 0.933. The Bertz CT molecular complexity index is 219. The highest BCUT2D eigenvalue weighted by atomic mass is 16.5. The molecule has 0 radical (unpaired) electrons. The van der Waals surface area contributed by atoms with Crippen LogP contribution in [0.2, 0.25) is 0 Å². The van der Waals surface area contributed by atoms with E-state index in [0.717, 1.165) is 44.6 Å². The number of nitrogens with zero attached hydrogens (tertiary/aromatic N) is 1. The molecular formula is C15H33N3O. The van der Waals surface area contributed by atoms with Gasteiger partial charge in [-0.05, 0) is 25.7 Å². The van der Waals surface area contributed by atoms with Gasteiger partial charge in [-0.15, -0.1) is 0 Å². The summed E-state index contributed by atoms with van der Waals surface area (Å²) in [5.41, 5.74) is 0. The minimum atomic E-state index is 0.752. The second-order valence-electron chi connectivity index (χ2n) is 4.85. The SMILES string of the molecule is CCCCC(CC)CNC(=NC)NCCCOCC. The zero-order chi connectivity index (χ0) is 14.3. The maximum absolute atomic E-state index is 5.31. The molecule has 0 amide bonds. The zero-order valence-corrected chi connectivity index (χ0v) is 13.3.